The lowest BCUT2D eigenvalue weighted by Gasteiger charge is -2.31. The van der Waals surface area contributed by atoms with E-state index in [2.05, 4.69) is 0 Å². The van der Waals surface area contributed by atoms with Crippen LogP contribution in [0.15, 0.2) is 127 Å². The highest BCUT2D eigenvalue weighted by atomic mass is 16.6. The van der Waals surface area contributed by atoms with Crippen LogP contribution in [0.2, 0.25) is 0 Å². The van der Waals surface area contributed by atoms with E-state index in [0.717, 1.165) is 26.6 Å². The lowest BCUT2D eigenvalue weighted by atomic mass is 10.0. The summed E-state index contributed by atoms with van der Waals surface area (Å²) in [5.41, 5.74) is 4.35. The maximum atomic E-state index is 13.8. The van der Waals surface area contributed by atoms with Crippen molar-refractivity contribution in [3.63, 3.8) is 0 Å². The molecule has 0 aliphatic carbocycles. The molecule has 4 amide bonds. The second kappa shape index (κ2) is 11.1. The van der Waals surface area contributed by atoms with Crippen molar-refractivity contribution < 1.29 is 19.3 Å². The van der Waals surface area contributed by atoms with Gasteiger partial charge in [-0.2, -0.15) is 0 Å². The summed E-state index contributed by atoms with van der Waals surface area (Å²) in [5, 5.41) is 11.4. The minimum absolute atomic E-state index is 0.0483. The number of aromatic nitrogens is 1. The van der Waals surface area contributed by atoms with Gasteiger partial charge in [0.25, 0.3) is 17.5 Å². The molecule has 4 aromatic carbocycles. The normalized spacial score (nSPS) is 14.4. The van der Waals surface area contributed by atoms with Crippen molar-refractivity contribution in [2.45, 2.75) is 0 Å². The number of imide groups is 2. The summed E-state index contributed by atoms with van der Waals surface area (Å²) in [5.74, 6) is -1.45. The molecule has 0 saturated carbocycles. The van der Waals surface area contributed by atoms with Gasteiger partial charge < -0.3 is 4.57 Å². The summed E-state index contributed by atoms with van der Waals surface area (Å²) in [6.07, 6.45) is 1.51. The van der Waals surface area contributed by atoms with Gasteiger partial charge in [0.2, 0.25) is 0 Å². The molecule has 5 aromatic rings. The third-order valence-corrected chi connectivity index (χ3v) is 7.23. The predicted octanol–water partition coefficient (Wildman–Crippen LogP) is 6.73. The van der Waals surface area contributed by atoms with E-state index in [9.17, 15) is 24.5 Å². The van der Waals surface area contributed by atoms with Crippen molar-refractivity contribution in [3.8, 4) is 28.2 Å². The monoisotopic (exact) mass is 568 g/mol. The van der Waals surface area contributed by atoms with Gasteiger partial charge in [0, 0.05) is 30.4 Å². The van der Waals surface area contributed by atoms with Gasteiger partial charge in [-0.1, -0.05) is 78.9 Å². The SMILES string of the molecule is CN1C(=O)/C(=C/c2cc(-c3ccccc3)n(-c3ccc([N+](=O)[O-])cc3)c2-c2ccccc2)C(=O)N(c2ccccc2)C1=O. The summed E-state index contributed by atoms with van der Waals surface area (Å²) in [6, 6.07) is 34.8. The molecule has 0 spiro atoms. The summed E-state index contributed by atoms with van der Waals surface area (Å²) >= 11 is 0. The number of amides is 4. The second-order valence-corrected chi connectivity index (χ2v) is 9.86. The van der Waals surface area contributed by atoms with Gasteiger partial charge in [-0.15, -0.1) is 0 Å². The van der Waals surface area contributed by atoms with Crippen LogP contribution in [0.1, 0.15) is 5.56 Å². The first kappa shape index (κ1) is 27.1. The highest BCUT2D eigenvalue weighted by molar-refractivity contribution is 6.39. The van der Waals surface area contributed by atoms with Crippen LogP contribution in [0, 0.1) is 10.1 Å². The van der Waals surface area contributed by atoms with E-state index < -0.39 is 22.8 Å². The van der Waals surface area contributed by atoms with Crippen molar-refractivity contribution in [2.75, 3.05) is 11.9 Å². The average molecular weight is 569 g/mol. The molecule has 0 bridgehead atoms. The Kier molecular flexibility index (Phi) is 6.97. The first-order valence-corrected chi connectivity index (χ1v) is 13.4. The number of carbonyl (C=O) groups is 3. The molecule has 9 heteroatoms. The fraction of sp³-hybridized carbons (Fsp3) is 0.0294. The van der Waals surface area contributed by atoms with E-state index in [1.165, 1.54) is 25.3 Å². The number of nitrogens with zero attached hydrogens (tertiary/aromatic N) is 4. The van der Waals surface area contributed by atoms with Crippen molar-refractivity contribution in [2.24, 2.45) is 0 Å². The molecule has 1 aliphatic heterocycles. The van der Waals surface area contributed by atoms with Crippen molar-refractivity contribution in [1.82, 2.24) is 9.47 Å². The molecular weight excluding hydrogens is 544 g/mol. The molecule has 1 aromatic heterocycles. The van der Waals surface area contributed by atoms with Gasteiger partial charge in [0.05, 0.1) is 22.0 Å². The highest BCUT2D eigenvalue weighted by Crippen LogP contribution is 2.38. The number of nitro groups is 1. The van der Waals surface area contributed by atoms with Crippen molar-refractivity contribution in [1.29, 1.82) is 0 Å². The number of hydrogen-bond donors (Lipinski definition) is 0. The van der Waals surface area contributed by atoms with Crippen LogP contribution in [-0.2, 0) is 9.59 Å². The summed E-state index contributed by atoms with van der Waals surface area (Å²) in [4.78, 5) is 53.1. The van der Waals surface area contributed by atoms with Gasteiger partial charge in [-0.05, 0) is 47.5 Å². The lowest BCUT2D eigenvalue weighted by Crippen LogP contribution is -2.55. The lowest BCUT2D eigenvalue weighted by molar-refractivity contribution is -0.384. The van der Waals surface area contributed by atoms with Gasteiger partial charge in [0.1, 0.15) is 5.57 Å². The van der Waals surface area contributed by atoms with Crippen LogP contribution in [0.25, 0.3) is 34.3 Å². The van der Waals surface area contributed by atoms with E-state index in [0.29, 0.717) is 22.6 Å². The van der Waals surface area contributed by atoms with Crippen LogP contribution in [0.5, 0.6) is 0 Å². The molecular formula is C34H24N4O5. The number of non-ortho nitro benzene ring substituents is 1. The largest absolute Gasteiger partial charge is 0.338 e. The summed E-state index contributed by atoms with van der Waals surface area (Å²) < 4.78 is 1.95. The van der Waals surface area contributed by atoms with Crippen LogP contribution in [0.4, 0.5) is 16.2 Å². The molecule has 6 rings (SSSR count). The van der Waals surface area contributed by atoms with Crippen LogP contribution >= 0.6 is 0 Å². The predicted molar refractivity (Wildman–Crippen MR) is 163 cm³/mol. The Bertz CT molecular complexity index is 1900. The smallest absolute Gasteiger partial charge is 0.309 e. The van der Waals surface area contributed by atoms with Gasteiger partial charge in [-0.25, -0.2) is 9.69 Å². The number of carbonyl (C=O) groups excluding carboxylic acids is 3. The van der Waals surface area contributed by atoms with Crippen molar-refractivity contribution in [3.05, 3.63) is 143 Å². The van der Waals surface area contributed by atoms with E-state index >= 15 is 0 Å². The third-order valence-electron chi connectivity index (χ3n) is 7.23. The van der Waals surface area contributed by atoms with Crippen molar-refractivity contribution >= 4 is 35.3 Å². The Labute approximate surface area is 246 Å². The fourth-order valence-electron chi connectivity index (χ4n) is 5.14. The number of likely N-dealkylation sites (N-methyl/N-ethyl adjacent to an activating group) is 1. The molecule has 1 aliphatic rings. The van der Waals surface area contributed by atoms with Gasteiger partial charge in [-0.3, -0.25) is 24.6 Å². The van der Waals surface area contributed by atoms with E-state index in [1.807, 2.05) is 71.3 Å². The number of benzene rings is 4. The zero-order valence-electron chi connectivity index (χ0n) is 23.0. The number of anilines is 1. The number of urea groups is 1. The molecule has 1 saturated heterocycles. The highest BCUT2D eigenvalue weighted by Gasteiger charge is 2.41. The minimum atomic E-state index is -0.741. The Balaban J connectivity index is 1.62. The van der Waals surface area contributed by atoms with E-state index in [-0.39, 0.29) is 11.3 Å². The number of nitro benzene ring substituents is 1. The number of barbiturate groups is 1. The Morgan fingerprint density at radius 3 is 1.81 bits per heavy atom. The first-order chi connectivity index (χ1) is 20.8. The minimum Gasteiger partial charge on any atom is -0.309 e. The quantitative estimate of drug-likeness (QED) is 0.0978. The maximum absolute atomic E-state index is 13.8. The Morgan fingerprint density at radius 2 is 1.23 bits per heavy atom. The molecule has 2 heterocycles. The molecule has 9 nitrogen and oxygen atoms in total. The zero-order valence-corrected chi connectivity index (χ0v) is 23.0. The molecule has 0 unspecified atom stereocenters. The average Bonchev–Trinajstić information content (AvgIpc) is 3.43. The zero-order chi connectivity index (χ0) is 30.1. The Hall–Kier alpha value is -6.09. The first-order valence-electron chi connectivity index (χ1n) is 13.4. The maximum Gasteiger partial charge on any atom is 0.338 e. The molecule has 210 valence electrons. The molecule has 0 N–H and O–H groups in total. The van der Waals surface area contributed by atoms with E-state index in [4.69, 9.17) is 0 Å². The standard InChI is InChI=1S/C34H24N4O5/c1-35-32(39)29(33(40)37(34(35)41)26-15-9-4-10-16-26)21-25-22-30(23-11-5-2-6-12-23)36(31(25)24-13-7-3-8-14-24)27-17-19-28(20-18-27)38(42)43/h2-22H,1H3/b29-21-. The number of hydrogen-bond acceptors (Lipinski definition) is 5. The van der Waals surface area contributed by atoms with E-state index in [1.54, 1.807) is 42.5 Å². The topological polar surface area (TPSA) is 106 Å². The summed E-state index contributed by atoms with van der Waals surface area (Å²) in [6.45, 7) is 0. The van der Waals surface area contributed by atoms with Gasteiger partial charge >= 0.3 is 6.03 Å². The van der Waals surface area contributed by atoms with Crippen LogP contribution in [-0.4, -0.2) is 39.3 Å². The summed E-state index contributed by atoms with van der Waals surface area (Å²) in [7, 11) is 1.34. The van der Waals surface area contributed by atoms with Gasteiger partial charge in [0.15, 0.2) is 0 Å². The number of rotatable bonds is 6. The third kappa shape index (κ3) is 4.89. The molecule has 43 heavy (non-hydrogen) atoms. The molecule has 1 fully saturated rings. The second-order valence-electron chi connectivity index (χ2n) is 9.86. The van der Waals surface area contributed by atoms with Crippen LogP contribution < -0.4 is 4.90 Å². The number of para-hydroxylation sites is 1. The molecule has 0 radical (unpaired) electrons. The molecule has 0 atom stereocenters. The fourth-order valence-corrected chi connectivity index (χ4v) is 5.14. The van der Waals surface area contributed by atoms with Crippen LogP contribution in [0.3, 0.4) is 0 Å². The Morgan fingerprint density at radius 1 is 0.674 bits per heavy atom.